The van der Waals surface area contributed by atoms with E-state index in [0.717, 1.165) is 0 Å². The Bertz CT molecular complexity index is 971. The molecule has 0 aliphatic heterocycles. The molecule has 0 spiro atoms. The molecule has 0 aliphatic rings. The Kier molecular flexibility index (Phi) is 3.65. The van der Waals surface area contributed by atoms with Gasteiger partial charge in [-0.05, 0) is 40.8 Å². The average molecular weight is 431 g/mol. The summed E-state index contributed by atoms with van der Waals surface area (Å²) < 4.78 is 1.69. The van der Waals surface area contributed by atoms with Crippen LogP contribution in [0.4, 0.5) is 0 Å². The second-order valence-corrected chi connectivity index (χ2v) is 6.17. The van der Waals surface area contributed by atoms with Crippen molar-refractivity contribution >= 4 is 51.4 Å². The molecule has 0 bridgehead atoms. The minimum atomic E-state index is -0.270. The van der Waals surface area contributed by atoms with Crippen LogP contribution in [-0.2, 0) is 0 Å². The van der Waals surface area contributed by atoms with Gasteiger partial charge in [-0.1, -0.05) is 23.2 Å². The van der Waals surface area contributed by atoms with E-state index in [1.807, 2.05) is 22.6 Å². The highest BCUT2D eigenvalue weighted by molar-refractivity contribution is 14.1. The van der Waals surface area contributed by atoms with Gasteiger partial charge in [0, 0.05) is 16.8 Å². The summed E-state index contributed by atoms with van der Waals surface area (Å²) in [6.45, 7) is 0. The molecule has 0 saturated carbocycles. The fourth-order valence-electron chi connectivity index (χ4n) is 1.99. The van der Waals surface area contributed by atoms with E-state index in [9.17, 15) is 10.1 Å². The highest BCUT2D eigenvalue weighted by atomic mass is 127. The molecule has 0 radical (unpaired) electrons. The first-order chi connectivity index (χ1) is 10.0. The number of nitrogens with one attached hydrogen (secondary N) is 1. The molecular weight excluding hydrogens is 426 g/mol. The summed E-state index contributed by atoms with van der Waals surface area (Å²) in [4.78, 5) is 16.2. The molecule has 0 aliphatic carbocycles. The van der Waals surface area contributed by atoms with Gasteiger partial charge in [0.15, 0.2) is 5.65 Å². The smallest absolute Gasteiger partial charge is 0.286 e. The van der Waals surface area contributed by atoms with E-state index in [-0.39, 0.29) is 16.8 Å². The summed E-state index contributed by atoms with van der Waals surface area (Å²) in [5.41, 5.74) is 1.27. The first-order valence-electron chi connectivity index (χ1n) is 5.67. The second kappa shape index (κ2) is 5.33. The van der Waals surface area contributed by atoms with Gasteiger partial charge in [0.25, 0.3) is 5.56 Å². The van der Waals surface area contributed by atoms with Gasteiger partial charge in [0.1, 0.15) is 11.6 Å². The molecule has 1 N–H and O–H groups in total. The summed E-state index contributed by atoms with van der Waals surface area (Å²) >= 11 is 13.9. The Morgan fingerprint density at radius 2 is 2.14 bits per heavy atom. The Balaban J connectivity index is 2.41. The maximum atomic E-state index is 12.1. The zero-order valence-electron chi connectivity index (χ0n) is 10.2. The van der Waals surface area contributed by atoms with Crippen LogP contribution < -0.4 is 5.56 Å². The van der Waals surface area contributed by atoms with Crippen molar-refractivity contribution in [2.24, 2.45) is 0 Å². The molecule has 0 unspecified atom stereocenters. The molecule has 3 rings (SSSR count). The minimum absolute atomic E-state index is 0.257. The van der Waals surface area contributed by atoms with Crippen molar-refractivity contribution in [2.75, 3.05) is 0 Å². The number of benzene rings is 1. The highest BCUT2D eigenvalue weighted by Crippen LogP contribution is 2.32. The number of H-pyrrole nitrogens is 1. The van der Waals surface area contributed by atoms with E-state index >= 15 is 0 Å². The first-order valence-corrected chi connectivity index (χ1v) is 7.51. The number of fused-ring (bicyclic) bond motifs is 1. The lowest BCUT2D eigenvalue weighted by atomic mass is 10.1. The monoisotopic (exact) mass is 430 g/mol. The van der Waals surface area contributed by atoms with Gasteiger partial charge in [-0.3, -0.25) is 9.89 Å². The number of halogens is 3. The highest BCUT2D eigenvalue weighted by Gasteiger charge is 2.18. The van der Waals surface area contributed by atoms with Crippen LogP contribution in [0, 0.1) is 14.9 Å². The van der Waals surface area contributed by atoms with Crippen molar-refractivity contribution in [1.82, 2.24) is 14.6 Å². The Morgan fingerprint density at radius 1 is 1.38 bits per heavy atom. The minimum Gasteiger partial charge on any atom is -0.287 e. The molecule has 0 saturated heterocycles. The summed E-state index contributed by atoms with van der Waals surface area (Å²) in [5, 5.41) is 13.1. The summed E-state index contributed by atoms with van der Waals surface area (Å²) in [6, 6.07) is 6.98. The van der Waals surface area contributed by atoms with Crippen LogP contribution in [0.25, 0.3) is 16.9 Å². The molecule has 1 aromatic carbocycles. The topological polar surface area (TPSA) is 73.9 Å². The molecular formula is C13H5Cl2IN4O. The van der Waals surface area contributed by atoms with E-state index in [1.54, 1.807) is 18.2 Å². The molecule has 104 valence electrons. The predicted molar refractivity (Wildman–Crippen MR) is 88.7 cm³/mol. The fourth-order valence-corrected chi connectivity index (χ4v) is 2.87. The zero-order chi connectivity index (χ0) is 15.1. The Morgan fingerprint density at radius 3 is 2.81 bits per heavy atom. The molecule has 5 nitrogen and oxygen atoms in total. The number of nitriles is 1. The number of rotatable bonds is 1. The van der Waals surface area contributed by atoms with E-state index in [1.165, 1.54) is 10.7 Å². The largest absolute Gasteiger partial charge is 0.287 e. The zero-order valence-corrected chi connectivity index (χ0v) is 13.9. The molecule has 21 heavy (non-hydrogen) atoms. The van der Waals surface area contributed by atoms with Crippen molar-refractivity contribution in [3.05, 3.63) is 53.9 Å². The predicted octanol–water partition coefficient (Wildman–Crippen LogP) is 3.47. The lowest BCUT2D eigenvalue weighted by Crippen LogP contribution is -2.17. The van der Waals surface area contributed by atoms with Gasteiger partial charge in [0.2, 0.25) is 0 Å². The maximum Gasteiger partial charge on any atom is 0.286 e. The molecule has 2 aromatic heterocycles. The van der Waals surface area contributed by atoms with Crippen molar-refractivity contribution in [3.8, 4) is 17.3 Å². The van der Waals surface area contributed by atoms with Crippen molar-refractivity contribution < 1.29 is 0 Å². The van der Waals surface area contributed by atoms with Gasteiger partial charge < -0.3 is 0 Å². The molecule has 0 atom stereocenters. The quantitative estimate of drug-likeness (QED) is 0.600. The van der Waals surface area contributed by atoms with E-state index in [4.69, 9.17) is 23.2 Å². The molecule has 8 heteroatoms. The third-order valence-electron chi connectivity index (χ3n) is 2.93. The summed E-state index contributed by atoms with van der Waals surface area (Å²) in [5.74, 6) is 0. The van der Waals surface area contributed by atoms with Crippen LogP contribution in [0.1, 0.15) is 5.56 Å². The summed E-state index contributed by atoms with van der Waals surface area (Å²) in [6.07, 6.45) is 1.43. The van der Waals surface area contributed by atoms with E-state index < -0.39 is 0 Å². The number of aromatic amines is 1. The second-order valence-electron chi connectivity index (χ2n) is 4.17. The molecule has 0 fully saturated rings. The molecule has 0 amide bonds. The number of aromatic nitrogens is 3. The van der Waals surface area contributed by atoms with Gasteiger partial charge in [-0.2, -0.15) is 9.78 Å². The van der Waals surface area contributed by atoms with Crippen molar-refractivity contribution in [1.29, 1.82) is 5.26 Å². The number of nitrogens with zero attached hydrogens (tertiary/aromatic N) is 3. The van der Waals surface area contributed by atoms with Crippen molar-refractivity contribution in [2.45, 2.75) is 0 Å². The van der Waals surface area contributed by atoms with Gasteiger partial charge in [0.05, 0.1) is 14.3 Å². The lowest BCUT2D eigenvalue weighted by molar-refractivity contribution is 0.894. The number of hydrogen-bond donors (Lipinski definition) is 1. The SMILES string of the molecule is N#Cc1c(-c2ccc(Cl)cc2Cl)[nH]n2c(=O)c(I)cnc12. The Labute approximate surface area is 142 Å². The fraction of sp³-hybridized carbons (Fsp3) is 0. The van der Waals surface area contributed by atoms with Crippen LogP contribution in [0.15, 0.2) is 29.2 Å². The molecule has 3 aromatic rings. The van der Waals surface area contributed by atoms with E-state index in [2.05, 4.69) is 16.2 Å². The van der Waals surface area contributed by atoms with Crippen LogP contribution in [-0.4, -0.2) is 14.6 Å². The standard InChI is InChI=1S/C13H5Cl2IN4O/c14-6-1-2-7(9(15)3-6)11-8(4-17)12-18-5-10(16)13(21)20(12)19-11/h1-3,5,19H. The van der Waals surface area contributed by atoms with Crippen LogP contribution >= 0.6 is 45.8 Å². The average Bonchev–Trinajstić information content (AvgIpc) is 2.82. The summed E-state index contributed by atoms with van der Waals surface area (Å²) in [7, 11) is 0. The molecule has 2 heterocycles. The van der Waals surface area contributed by atoms with Crippen LogP contribution in [0.5, 0.6) is 0 Å². The van der Waals surface area contributed by atoms with Gasteiger partial charge in [-0.15, -0.1) is 0 Å². The van der Waals surface area contributed by atoms with Crippen molar-refractivity contribution in [3.63, 3.8) is 0 Å². The third-order valence-corrected chi connectivity index (χ3v) is 4.22. The Hall–Kier alpha value is -1.56. The van der Waals surface area contributed by atoms with E-state index in [0.29, 0.717) is 24.9 Å². The van der Waals surface area contributed by atoms with Crippen LogP contribution in [0.3, 0.4) is 0 Å². The first kappa shape index (κ1) is 14.4. The normalized spacial score (nSPS) is 10.8. The maximum absolute atomic E-state index is 12.1. The third kappa shape index (κ3) is 2.31. The van der Waals surface area contributed by atoms with Gasteiger partial charge >= 0.3 is 0 Å². The van der Waals surface area contributed by atoms with Crippen LogP contribution in [0.2, 0.25) is 10.0 Å². The number of hydrogen-bond acceptors (Lipinski definition) is 3. The lowest BCUT2D eigenvalue weighted by Gasteiger charge is -2.02. The van der Waals surface area contributed by atoms with Gasteiger partial charge in [-0.25, -0.2) is 4.98 Å².